The van der Waals surface area contributed by atoms with Crippen molar-refractivity contribution in [2.24, 2.45) is 5.10 Å². The highest BCUT2D eigenvalue weighted by molar-refractivity contribution is 5.94. The Morgan fingerprint density at radius 2 is 2.00 bits per heavy atom. The average molecular weight is 298 g/mol. The van der Waals surface area contributed by atoms with E-state index in [0.717, 1.165) is 5.56 Å². The lowest BCUT2D eigenvalue weighted by molar-refractivity contribution is 0.0955. The van der Waals surface area contributed by atoms with Gasteiger partial charge in [-0.15, -0.1) is 0 Å². The number of ether oxygens (including phenoxy) is 1. The van der Waals surface area contributed by atoms with E-state index in [4.69, 9.17) is 4.74 Å². The molecule has 0 saturated heterocycles. The van der Waals surface area contributed by atoms with E-state index in [1.54, 1.807) is 24.3 Å². The van der Waals surface area contributed by atoms with E-state index in [1.165, 1.54) is 12.3 Å². The van der Waals surface area contributed by atoms with Crippen molar-refractivity contribution in [2.45, 2.75) is 13.8 Å². The molecule has 0 aliphatic heterocycles. The van der Waals surface area contributed by atoms with E-state index in [0.29, 0.717) is 23.5 Å². The molecule has 0 aliphatic carbocycles. The van der Waals surface area contributed by atoms with Crippen LogP contribution in [0.1, 0.15) is 28.4 Å². The topological polar surface area (TPSA) is 70.9 Å². The molecule has 0 saturated carbocycles. The lowest BCUT2D eigenvalue weighted by Gasteiger charge is -2.06. The number of benzene rings is 2. The van der Waals surface area contributed by atoms with Crippen molar-refractivity contribution >= 4 is 12.1 Å². The molecule has 2 N–H and O–H groups in total. The predicted molar refractivity (Wildman–Crippen MR) is 85.5 cm³/mol. The van der Waals surface area contributed by atoms with Crippen LogP contribution in [0.3, 0.4) is 0 Å². The van der Waals surface area contributed by atoms with Gasteiger partial charge in [0.25, 0.3) is 5.91 Å². The lowest BCUT2D eigenvalue weighted by Crippen LogP contribution is -2.17. The molecule has 0 heterocycles. The lowest BCUT2D eigenvalue weighted by atomic mass is 10.1. The van der Waals surface area contributed by atoms with Gasteiger partial charge in [0, 0.05) is 5.56 Å². The number of hydrogen-bond acceptors (Lipinski definition) is 4. The summed E-state index contributed by atoms with van der Waals surface area (Å²) in [6.07, 6.45) is 1.49. The van der Waals surface area contributed by atoms with Gasteiger partial charge >= 0.3 is 0 Å². The molecule has 114 valence electrons. The summed E-state index contributed by atoms with van der Waals surface area (Å²) in [5.74, 6) is 0.180. The first-order valence-electron chi connectivity index (χ1n) is 6.96. The number of rotatable bonds is 5. The Morgan fingerprint density at radius 1 is 1.27 bits per heavy atom. The summed E-state index contributed by atoms with van der Waals surface area (Å²) in [6.45, 7) is 4.25. The van der Waals surface area contributed by atoms with E-state index < -0.39 is 0 Å². The van der Waals surface area contributed by atoms with Crippen LogP contribution in [-0.2, 0) is 0 Å². The fourth-order valence-electron chi connectivity index (χ4n) is 1.82. The zero-order valence-corrected chi connectivity index (χ0v) is 12.5. The molecule has 5 heteroatoms. The molecule has 0 radical (unpaired) electrons. The number of carbonyl (C=O) groups excluding carboxylic acids is 1. The van der Waals surface area contributed by atoms with E-state index in [-0.39, 0.29) is 11.7 Å². The van der Waals surface area contributed by atoms with E-state index in [1.807, 2.05) is 26.0 Å². The van der Waals surface area contributed by atoms with Crippen molar-refractivity contribution in [2.75, 3.05) is 6.61 Å². The number of hydrogen-bond donors (Lipinski definition) is 2. The maximum atomic E-state index is 11.9. The summed E-state index contributed by atoms with van der Waals surface area (Å²) in [5.41, 5.74) is 4.81. The summed E-state index contributed by atoms with van der Waals surface area (Å²) in [4.78, 5) is 11.9. The van der Waals surface area contributed by atoms with Gasteiger partial charge in [-0.1, -0.05) is 17.7 Å². The average Bonchev–Trinajstić information content (AvgIpc) is 2.51. The predicted octanol–water partition coefficient (Wildman–Crippen LogP) is 2.86. The second-order valence-electron chi connectivity index (χ2n) is 4.73. The number of phenols is 1. The van der Waals surface area contributed by atoms with Gasteiger partial charge in [0.1, 0.15) is 0 Å². The maximum Gasteiger partial charge on any atom is 0.271 e. The molecule has 2 aromatic rings. The third kappa shape index (κ3) is 4.09. The van der Waals surface area contributed by atoms with Crippen LogP contribution in [0, 0.1) is 6.92 Å². The first kappa shape index (κ1) is 15.6. The number of nitrogens with one attached hydrogen (secondary N) is 1. The van der Waals surface area contributed by atoms with Crippen molar-refractivity contribution < 1.29 is 14.6 Å². The summed E-state index contributed by atoms with van der Waals surface area (Å²) in [5, 5.41) is 13.5. The summed E-state index contributed by atoms with van der Waals surface area (Å²) < 4.78 is 5.29. The zero-order valence-electron chi connectivity index (χ0n) is 12.5. The number of hydrazone groups is 1. The smallest absolute Gasteiger partial charge is 0.271 e. The fraction of sp³-hybridized carbons (Fsp3) is 0.176. The summed E-state index contributed by atoms with van der Waals surface area (Å²) in [6, 6.07) is 12.1. The molecule has 2 aromatic carbocycles. The third-order valence-electron chi connectivity index (χ3n) is 2.98. The Balaban J connectivity index is 2.01. The van der Waals surface area contributed by atoms with Gasteiger partial charge < -0.3 is 9.84 Å². The molecule has 0 spiro atoms. The molecule has 0 aliphatic rings. The van der Waals surface area contributed by atoms with Crippen LogP contribution in [0.5, 0.6) is 11.5 Å². The largest absolute Gasteiger partial charge is 0.504 e. The van der Waals surface area contributed by atoms with Crippen LogP contribution in [0.2, 0.25) is 0 Å². The second-order valence-corrected chi connectivity index (χ2v) is 4.73. The van der Waals surface area contributed by atoms with Crippen LogP contribution in [0.25, 0.3) is 0 Å². The molecule has 0 aromatic heterocycles. The SMILES string of the molecule is CCOc1cc(/C=N\NC(=O)c2ccc(C)cc2)ccc1O. The maximum absolute atomic E-state index is 11.9. The van der Waals surface area contributed by atoms with Crippen molar-refractivity contribution in [1.82, 2.24) is 5.43 Å². The molecular formula is C17H18N2O3. The molecule has 0 bridgehead atoms. The van der Waals surface area contributed by atoms with Crippen LogP contribution < -0.4 is 10.2 Å². The molecule has 0 fully saturated rings. The zero-order chi connectivity index (χ0) is 15.9. The molecule has 0 unspecified atom stereocenters. The molecular weight excluding hydrogens is 280 g/mol. The van der Waals surface area contributed by atoms with Gasteiger partial charge in [-0.3, -0.25) is 4.79 Å². The Bertz CT molecular complexity index is 679. The second kappa shape index (κ2) is 7.26. The van der Waals surface area contributed by atoms with Crippen molar-refractivity contribution in [3.63, 3.8) is 0 Å². The first-order chi connectivity index (χ1) is 10.6. The van der Waals surface area contributed by atoms with Crippen LogP contribution in [0.4, 0.5) is 0 Å². The molecule has 0 atom stereocenters. The van der Waals surface area contributed by atoms with Gasteiger partial charge in [0.15, 0.2) is 11.5 Å². The normalized spacial score (nSPS) is 10.6. The number of aryl methyl sites for hydroxylation is 1. The molecule has 1 amide bonds. The Kier molecular flexibility index (Phi) is 5.14. The molecule has 2 rings (SSSR count). The quantitative estimate of drug-likeness (QED) is 0.658. The van der Waals surface area contributed by atoms with Crippen molar-refractivity contribution in [3.05, 3.63) is 59.2 Å². The summed E-state index contributed by atoms with van der Waals surface area (Å²) in [7, 11) is 0. The highest BCUT2D eigenvalue weighted by atomic mass is 16.5. The van der Waals surface area contributed by atoms with Crippen molar-refractivity contribution in [3.8, 4) is 11.5 Å². The summed E-state index contributed by atoms with van der Waals surface area (Å²) >= 11 is 0. The Morgan fingerprint density at radius 3 is 2.68 bits per heavy atom. The minimum absolute atomic E-state index is 0.0719. The van der Waals surface area contributed by atoms with Crippen LogP contribution >= 0.6 is 0 Å². The number of amides is 1. The number of nitrogens with zero attached hydrogens (tertiary/aromatic N) is 1. The van der Waals surface area contributed by atoms with E-state index in [2.05, 4.69) is 10.5 Å². The van der Waals surface area contributed by atoms with E-state index >= 15 is 0 Å². The third-order valence-corrected chi connectivity index (χ3v) is 2.98. The highest BCUT2D eigenvalue weighted by Gasteiger charge is 2.04. The Labute approximate surface area is 129 Å². The van der Waals surface area contributed by atoms with Crippen molar-refractivity contribution in [1.29, 1.82) is 0 Å². The van der Waals surface area contributed by atoms with Crippen LogP contribution in [-0.4, -0.2) is 23.8 Å². The van der Waals surface area contributed by atoms with E-state index in [9.17, 15) is 9.90 Å². The standard InChI is InChI=1S/C17H18N2O3/c1-3-22-16-10-13(6-9-15(16)20)11-18-19-17(21)14-7-4-12(2)5-8-14/h4-11,20H,3H2,1-2H3,(H,19,21)/b18-11-. The number of aromatic hydroxyl groups is 1. The fourth-order valence-corrected chi connectivity index (χ4v) is 1.82. The van der Waals surface area contributed by atoms with Gasteiger partial charge in [-0.05, 0) is 49.7 Å². The Hall–Kier alpha value is -2.82. The van der Waals surface area contributed by atoms with Crippen LogP contribution in [0.15, 0.2) is 47.6 Å². The highest BCUT2D eigenvalue weighted by Crippen LogP contribution is 2.26. The van der Waals surface area contributed by atoms with Gasteiger partial charge in [-0.2, -0.15) is 5.10 Å². The number of carbonyl (C=O) groups is 1. The molecule has 22 heavy (non-hydrogen) atoms. The molecule has 5 nitrogen and oxygen atoms in total. The monoisotopic (exact) mass is 298 g/mol. The van der Waals surface area contributed by atoms with Gasteiger partial charge in [0.05, 0.1) is 12.8 Å². The first-order valence-corrected chi connectivity index (χ1v) is 6.96. The number of phenolic OH excluding ortho intramolecular Hbond substituents is 1. The van der Waals surface area contributed by atoms with Gasteiger partial charge in [-0.25, -0.2) is 5.43 Å². The van der Waals surface area contributed by atoms with Gasteiger partial charge in [0.2, 0.25) is 0 Å². The minimum Gasteiger partial charge on any atom is -0.504 e. The minimum atomic E-state index is -0.278.